The fraction of sp³-hybridized carbons (Fsp3) is 0.611. The Kier molecular flexibility index (Phi) is 21.3. The maximum absolute atomic E-state index is 10.3. The van der Waals surface area contributed by atoms with Crippen LogP contribution >= 0.6 is 0 Å². The van der Waals surface area contributed by atoms with E-state index >= 15 is 0 Å². The van der Waals surface area contributed by atoms with Crippen molar-refractivity contribution in [1.82, 2.24) is 0 Å². The molecule has 2 nitrogen and oxygen atoms in total. The van der Waals surface area contributed by atoms with E-state index in [0.29, 0.717) is 6.42 Å². The number of hydrogen-bond donors (Lipinski definition) is 1. The first kappa shape index (κ1) is 22.8. The van der Waals surface area contributed by atoms with Crippen molar-refractivity contribution in [3.63, 3.8) is 0 Å². The molecule has 0 unspecified atom stereocenters. The quantitative estimate of drug-likeness (QED) is 0.336. The summed E-state index contributed by atoms with van der Waals surface area (Å²) < 4.78 is 0. The first-order chi connectivity index (χ1) is 9.77. The maximum atomic E-state index is 10.3. The Bertz CT molecular complexity index is 306. The van der Waals surface area contributed by atoms with E-state index in [1.807, 2.05) is 0 Å². The van der Waals surface area contributed by atoms with E-state index in [-0.39, 0.29) is 26.2 Å². The van der Waals surface area contributed by atoms with Crippen LogP contribution in [0.4, 0.5) is 0 Å². The minimum absolute atomic E-state index is 0. The van der Waals surface area contributed by atoms with Crippen LogP contribution < -0.4 is 0 Å². The number of carbonyl (C=O) groups is 1. The van der Waals surface area contributed by atoms with E-state index < -0.39 is 5.97 Å². The van der Waals surface area contributed by atoms with E-state index in [9.17, 15) is 4.79 Å². The SMILES string of the molecule is CC/C=C\C/C=C\C/C=C\CCCCCCCC(=O)O.[Zr]. The molecule has 0 aromatic heterocycles. The zero-order chi connectivity index (χ0) is 14.9. The van der Waals surface area contributed by atoms with Crippen LogP contribution in [0, 0.1) is 0 Å². The van der Waals surface area contributed by atoms with Gasteiger partial charge in [-0.25, -0.2) is 0 Å². The molecule has 3 heteroatoms. The molecule has 0 aliphatic heterocycles. The summed E-state index contributed by atoms with van der Waals surface area (Å²) in [6.45, 7) is 2.15. The number of unbranched alkanes of at least 4 members (excludes halogenated alkanes) is 5. The second kappa shape index (κ2) is 19.6. The summed E-state index contributed by atoms with van der Waals surface area (Å²) in [7, 11) is 0. The Labute approximate surface area is 149 Å². The van der Waals surface area contributed by atoms with Crippen molar-refractivity contribution in [2.24, 2.45) is 0 Å². The van der Waals surface area contributed by atoms with Gasteiger partial charge in [0.25, 0.3) is 0 Å². The van der Waals surface area contributed by atoms with Gasteiger partial charge in [-0.05, 0) is 38.5 Å². The molecule has 0 aromatic rings. The zero-order valence-corrected chi connectivity index (χ0v) is 15.8. The molecule has 0 heterocycles. The summed E-state index contributed by atoms with van der Waals surface area (Å²) >= 11 is 0. The van der Waals surface area contributed by atoms with Crippen molar-refractivity contribution in [1.29, 1.82) is 0 Å². The fourth-order valence-corrected chi connectivity index (χ4v) is 1.90. The van der Waals surface area contributed by atoms with Gasteiger partial charge in [0.05, 0.1) is 0 Å². The molecule has 21 heavy (non-hydrogen) atoms. The third kappa shape index (κ3) is 22.0. The van der Waals surface area contributed by atoms with Crippen molar-refractivity contribution >= 4 is 5.97 Å². The fourth-order valence-electron chi connectivity index (χ4n) is 1.90. The third-order valence-electron chi connectivity index (χ3n) is 3.04. The molecule has 0 atom stereocenters. The molecule has 1 N–H and O–H groups in total. The Balaban J connectivity index is 0. The van der Waals surface area contributed by atoms with Gasteiger partial charge < -0.3 is 5.11 Å². The van der Waals surface area contributed by atoms with Crippen molar-refractivity contribution in [2.75, 3.05) is 0 Å². The van der Waals surface area contributed by atoms with Gasteiger partial charge in [0.1, 0.15) is 0 Å². The van der Waals surface area contributed by atoms with Gasteiger partial charge in [0, 0.05) is 32.6 Å². The monoisotopic (exact) mass is 368 g/mol. The van der Waals surface area contributed by atoms with Crippen LogP contribution in [0.5, 0.6) is 0 Å². The molecular formula is C18H30O2Zr. The van der Waals surface area contributed by atoms with Crippen LogP contribution in [0.2, 0.25) is 0 Å². The standard InChI is InChI=1S/C18H30O2.Zr/c1-2-3-4-5-6-7-8-9-10-11-12-13-14-15-16-17-18(19)20;/h3-4,6-7,9-10H,2,5,8,11-17H2,1H3,(H,19,20);/b4-3-,7-6-,10-9-;. The second-order valence-electron chi connectivity index (χ2n) is 4.99. The third-order valence-corrected chi connectivity index (χ3v) is 3.04. The molecule has 0 fully saturated rings. The van der Waals surface area contributed by atoms with Gasteiger partial charge in [-0.15, -0.1) is 0 Å². The molecule has 0 aliphatic rings. The van der Waals surface area contributed by atoms with Crippen LogP contribution in [-0.4, -0.2) is 11.1 Å². The minimum Gasteiger partial charge on any atom is -0.481 e. The average Bonchev–Trinajstić information content (AvgIpc) is 2.43. The van der Waals surface area contributed by atoms with Gasteiger partial charge in [0.15, 0.2) is 0 Å². The van der Waals surface area contributed by atoms with Gasteiger partial charge in [0.2, 0.25) is 0 Å². The average molecular weight is 370 g/mol. The molecule has 0 aliphatic carbocycles. The topological polar surface area (TPSA) is 37.3 Å². The molecule has 0 saturated carbocycles. The summed E-state index contributed by atoms with van der Waals surface area (Å²) in [5, 5.41) is 8.50. The zero-order valence-electron chi connectivity index (χ0n) is 13.4. The molecule has 0 radical (unpaired) electrons. The maximum Gasteiger partial charge on any atom is 0.303 e. The van der Waals surface area contributed by atoms with Gasteiger partial charge in [-0.3, -0.25) is 4.79 Å². The number of allylic oxidation sites excluding steroid dienone is 6. The second-order valence-corrected chi connectivity index (χ2v) is 4.99. The molecule has 118 valence electrons. The largest absolute Gasteiger partial charge is 0.481 e. The Morgan fingerprint density at radius 2 is 1.33 bits per heavy atom. The van der Waals surface area contributed by atoms with Gasteiger partial charge >= 0.3 is 5.97 Å². The Morgan fingerprint density at radius 1 is 0.810 bits per heavy atom. The first-order valence-electron chi connectivity index (χ1n) is 7.94. The van der Waals surface area contributed by atoms with Crippen molar-refractivity contribution < 1.29 is 36.1 Å². The molecule has 0 aromatic carbocycles. The number of rotatable bonds is 13. The predicted molar refractivity (Wildman–Crippen MR) is 86.9 cm³/mol. The van der Waals surface area contributed by atoms with Crippen LogP contribution in [0.1, 0.15) is 71.1 Å². The smallest absolute Gasteiger partial charge is 0.303 e. The van der Waals surface area contributed by atoms with Crippen molar-refractivity contribution in [3.8, 4) is 0 Å². The molecule has 0 amide bonds. The van der Waals surface area contributed by atoms with Crippen LogP contribution in [0.25, 0.3) is 0 Å². The molecule has 0 saturated heterocycles. The van der Waals surface area contributed by atoms with Crippen LogP contribution in [0.3, 0.4) is 0 Å². The van der Waals surface area contributed by atoms with E-state index in [0.717, 1.165) is 44.9 Å². The van der Waals surface area contributed by atoms with E-state index in [2.05, 4.69) is 43.4 Å². The Morgan fingerprint density at radius 3 is 1.95 bits per heavy atom. The van der Waals surface area contributed by atoms with Gasteiger partial charge in [-0.1, -0.05) is 62.6 Å². The van der Waals surface area contributed by atoms with Gasteiger partial charge in [-0.2, -0.15) is 0 Å². The summed E-state index contributed by atoms with van der Waals surface area (Å²) in [5.41, 5.74) is 0. The van der Waals surface area contributed by atoms with Crippen molar-refractivity contribution in [2.45, 2.75) is 71.1 Å². The summed E-state index contributed by atoms with van der Waals surface area (Å²) in [5.74, 6) is -0.675. The number of carboxylic acid groups (broad SMARTS) is 1. The summed E-state index contributed by atoms with van der Waals surface area (Å²) in [6.07, 6.45) is 23.4. The number of carboxylic acids is 1. The normalized spacial score (nSPS) is 11.5. The van der Waals surface area contributed by atoms with E-state index in [4.69, 9.17) is 5.11 Å². The summed E-state index contributed by atoms with van der Waals surface area (Å²) in [4.78, 5) is 10.3. The van der Waals surface area contributed by atoms with Crippen molar-refractivity contribution in [3.05, 3.63) is 36.5 Å². The minimum atomic E-state index is -0.675. The van der Waals surface area contributed by atoms with Crippen LogP contribution in [-0.2, 0) is 31.0 Å². The molecule has 0 spiro atoms. The molecule has 0 bridgehead atoms. The van der Waals surface area contributed by atoms with E-state index in [1.54, 1.807) is 0 Å². The first-order valence-corrected chi connectivity index (χ1v) is 7.94. The van der Waals surface area contributed by atoms with E-state index in [1.165, 1.54) is 12.8 Å². The Hall–Kier alpha value is -0.427. The number of aliphatic carboxylic acids is 1. The molecule has 0 rings (SSSR count). The molecular weight excluding hydrogens is 339 g/mol. The number of hydrogen-bond acceptors (Lipinski definition) is 1. The summed E-state index contributed by atoms with van der Waals surface area (Å²) in [6, 6.07) is 0. The van der Waals surface area contributed by atoms with Crippen LogP contribution in [0.15, 0.2) is 36.5 Å². The predicted octanol–water partition coefficient (Wildman–Crippen LogP) is 5.66.